The SMILES string of the molecule is CNC(=O)CNCc1c(C)cc(C)cc1C. The van der Waals surface area contributed by atoms with E-state index in [-0.39, 0.29) is 5.91 Å². The van der Waals surface area contributed by atoms with E-state index in [0.717, 1.165) is 6.54 Å². The van der Waals surface area contributed by atoms with E-state index in [1.807, 2.05) is 0 Å². The van der Waals surface area contributed by atoms with Gasteiger partial charge in [-0.25, -0.2) is 0 Å². The molecule has 1 rings (SSSR count). The van der Waals surface area contributed by atoms with Crippen LogP contribution in [0.1, 0.15) is 22.3 Å². The molecule has 0 saturated carbocycles. The van der Waals surface area contributed by atoms with E-state index in [1.165, 1.54) is 22.3 Å². The van der Waals surface area contributed by atoms with Crippen LogP contribution in [-0.2, 0) is 11.3 Å². The van der Waals surface area contributed by atoms with Crippen molar-refractivity contribution in [3.05, 3.63) is 34.4 Å². The van der Waals surface area contributed by atoms with Gasteiger partial charge in [-0.3, -0.25) is 4.79 Å². The van der Waals surface area contributed by atoms with E-state index in [4.69, 9.17) is 0 Å². The fraction of sp³-hybridized carbons (Fsp3) is 0.462. The topological polar surface area (TPSA) is 41.1 Å². The Morgan fingerprint density at radius 2 is 1.75 bits per heavy atom. The fourth-order valence-corrected chi connectivity index (χ4v) is 1.88. The Bertz CT molecular complexity index is 363. The second-order valence-electron chi connectivity index (χ2n) is 4.15. The van der Waals surface area contributed by atoms with Crippen LogP contribution < -0.4 is 10.6 Å². The zero-order valence-electron chi connectivity index (χ0n) is 10.5. The van der Waals surface area contributed by atoms with Gasteiger partial charge < -0.3 is 10.6 Å². The minimum absolute atomic E-state index is 0.0161. The van der Waals surface area contributed by atoms with Crippen LogP contribution in [0.4, 0.5) is 0 Å². The number of aryl methyl sites for hydroxylation is 3. The van der Waals surface area contributed by atoms with Gasteiger partial charge in [0.15, 0.2) is 0 Å². The van der Waals surface area contributed by atoms with Gasteiger partial charge in [0.1, 0.15) is 0 Å². The molecule has 0 aromatic heterocycles. The number of rotatable bonds is 4. The van der Waals surface area contributed by atoms with Crippen molar-refractivity contribution in [3.8, 4) is 0 Å². The second kappa shape index (κ2) is 5.66. The van der Waals surface area contributed by atoms with Crippen LogP contribution in [0.15, 0.2) is 12.1 Å². The van der Waals surface area contributed by atoms with Crippen molar-refractivity contribution in [2.24, 2.45) is 0 Å². The lowest BCUT2D eigenvalue weighted by molar-refractivity contribution is -0.119. The predicted octanol–water partition coefficient (Wildman–Crippen LogP) is 1.45. The second-order valence-corrected chi connectivity index (χ2v) is 4.15. The zero-order valence-corrected chi connectivity index (χ0v) is 10.5. The summed E-state index contributed by atoms with van der Waals surface area (Å²) in [6.07, 6.45) is 0. The summed E-state index contributed by atoms with van der Waals surface area (Å²) in [7, 11) is 1.65. The van der Waals surface area contributed by atoms with E-state index in [1.54, 1.807) is 7.05 Å². The third-order valence-electron chi connectivity index (χ3n) is 2.71. The summed E-state index contributed by atoms with van der Waals surface area (Å²) < 4.78 is 0. The summed E-state index contributed by atoms with van der Waals surface area (Å²) in [6.45, 7) is 7.42. The van der Waals surface area contributed by atoms with Crippen LogP contribution in [0.25, 0.3) is 0 Å². The molecule has 1 aromatic rings. The maximum Gasteiger partial charge on any atom is 0.233 e. The molecular formula is C13H20N2O. The Morgan fingerprint density at radius 1 is 1.19 bits per heavy atom. The van der Waals surface area contributed by atoms with Crippen molar-refractivity contribution in [3.63, 3.8) is 0 Å². The number of carbonyl (C=O) groups is 1. The first-order chi connectivity index (χ1) is 7.54. The first-order valence-electron chi connectivity index (χ1n) is 5.52. The maximum atomic E-state index is 11.1. The molecule has 0 atom stereocenters. The summed E-state index contributed by atoms with van der Waals surface area (Å²) in [5, 5.41) is 5.73. The molecular weight excluding hydrogens is 200 g/mol. The number of hydrogen-bond acceptors (Lipinski definition) is 2. The van der Waals surface area contributed by atoms with E-state index >= 15 is 0 Å². The van der Waals surface area contributed by atoms with Gasteiger partial charge >= 0.3 is 0 Å². The third kappa shape index (κ3) is 3.35. The normalized spacial score (nSPS) is 10.2. The van der Waals surface area contributed by atoms with Gasteiger partial charge in [0.25, 0.3) is 0 Å². The first kappa shape index (κ1) is 12.7. The molecule has 1 amide bonds. The molecule has 0 bridgehead atoms. The summed E-state index contributed by atoms with van der Waals surface area (Å²) >= 11 is 0. The molecule has 2 N–H and O–H groups in total. The van der Waals surface area contributed by atoms with Crippen molar-refractivity contribution in [1.29, 1.82) is 0 Å². The molecule has 88 valence electrons. The third-order valence-corrected chi connectivity index (χ3v) is 2.71. The molecule has 0 radical (unpaired) electrons. The monoisotopic (exact) mass is 220 g/mol. The summed E-state index contributed by atoms with van der Waals surface area (Å²) in [4.78, 5) is 11.1. The number of carbonyl (C=O) groups excluding carboxylic acids is 1. The quantitative estimate of drug-likeness (QED) is 0.806. The lowest BCUT2D eigenvalue weighted by atomic mass is 10.00. The Morgan fingerprint density at radius 3 is 2.25 bits per heavy atom. The fourth-order valence-electron chi connectivity index (χ4n) is 1.88. The van der Waals surface area contributed by atoms with Crippen LogP contribution in [0.2, 0.25) is 0 Å². The van der Waals surface area contributed by atoms with E-state index in [9.17, 15) is 4.79 Å². The van der Waals surface area contributed by atoms with Gasteiger partial charge in [-0.05, 0) is 37.5 Å². The molecule has 0 fully saturated rings. The van der Waals surface area contributed by atoms with Gasteiger partial charge in [-0.2, -0.15) is 0 Å². The van der Waals surface area contributed by atoms with E-state index in [0.29, 0.717) is 6.54 Å². The smallest absolute Gasteiger partial charge is 0.233 e. The molecule has 3 heteroatoms. The highest BCUT2D eigenvalue weighted by atomic mass is 16.1. The van der Waals surface area contributed by atoms with Crippen molar-refractivity contribution < 1.29 is 4.79 Å². The molecule has 0 spiro atoms. The van der Waals surface area contributed by atoms with Crippen LogP contribution in [0.5, 0.6) is 0 Å². The largest absolute Gasteiger partial charge is 0.358 e. The van der Waals surface area contributed by atoms with Gasteiger partial charge in [0, 0.05) is 13.6 Å². The van der Waals surface area contributed by atoms with Crippen molar-refractivity contribution in [2.45, 2.75) is 27.3 Å². The van der Waals surface area contributed by atoms with Crippen molar-refractivity contribution in [2.75, 3.05) is 13.6 Å². The highest BCUT2D eigenvalue weighted by Crippen LogP contribution is 2.15. The van der Waals surface area contributed by atoms with Gasteiger partial charge in [-0.15, -0.1) is 0 Å². The van der Waals surface area contributed by atoms with Crippen molar-refractivity contribution in [1.82, 2.24) is 10.6 Å². The molecule has 1 aromatic carbocycles. The summed E-state index contributed by atoms with van der Waals surface area (Å²) in [6, 6.07) is 4.34. The molecule has 16 heavy (non-hydrogen) atoms. The number of hydrogen-bond donors (Lipinski definition) is 2. The molecule has 0 aliphatic heterocycles. The van der Waals surface area contributed by atoms with Gasteiger partial charge in [0.05, 0.1) is 6.54 Å². The van der Waals surface area contributed by atoms with Crippen LogP contribution in [0.3, 0.4) is 0 Å². The summed E-state index contributed by atoms with van der Waals surface area (Å²) in [5.74, 6) is 0.0161. The molecule has 0 saturated heterocycles. The highest BCUT2D eigenvalue weighted by Gasteiger charge is 2.04. The first-order valence-corrected chi connectivity index (χ1v) is 5.52. The van der Waals surface area contributed by atoms with Gasteiger partial charge in [-0.1, -0.05) is 17.7 Å². The predicted molar refractivity (Wildman–Crippen MR) is 66.4 cm³/mol. The lowest BCUT2D eigenvalue weighted by Gasteiger charge is -2.12. The van der Waals surface area contributed by atoms with Crippen LogP contribution >= 0.6 is 0 Å². The maximum absolute atomic E-state index is 11.1. The Hall–Kier alpha value is -1.35. The Kier molecular flexibility index (Phi) is 4.50. The number of amides is 1. The molecule has 0 unspecified atom stereocenters. The average Bonchev–Trinajstić information content (AvgIpc) is 2.21. The number of likely N-dealkylation sites (N-methyl/N-ethyl adjacent to an activating group) is 1. The number of nitrogens with one attached hydrogen (secondary N) is 2. The number of benzene rings is 1. The molecule has 0 aliphatic carbocycles. The van der Waals surface area contributed by atoms with Crippen LogP contribution in [0, 0.1) is 20.8 Å². The molecule has 0 aliphatic rings. The van der Waals surface area contributed by atoms with E-state index < -0.39 is 0 Å². The van der Waals surface area contributed by atoms with Crippen LogP contribution in [-0.4, -0.2) is 19.5 Å². The van der Waals surface area contributed by atoms with Gasteiger partial charge in [0.2, 0.25) is 5.91 Å². The zero-order chi connectivity index (χ0) is 12.1. The summed E-state index contributed by atoms with van der Waals surface area (Å²) in [5.41, 5.74) is 5.13. The lowest BCUT2D eigenvalue weighted by Crippen LogP contribution is -2.31. The Balaban J connectivity index is 2.64. The molecule has 0 heterocycles. The minimum atomic E-state index is 0.0161. The minimum Gasteiger partial charge on any atom is -0.358 e. The molecule has 3 nitrogen and oxygen atoms in total. The average molecular weight is 220 g/mol. The van der Waals surface area contributed by atoms with E-state index in [2.05, 4.69) is 43.5 Å². The van der Waals surface area contributed by atoms with Crippen molar-refractivity contribution >= 4 is 5.91 Å². The standard InChI is InChI=1S/C13H20N2O/c1-9-5-10(2)12(11(3)6-9)7-15-8-13(16)14-4/h5-6,15H,7-8H2,1-4H3,(H,14,16). The highest BCUT2D eigenvalue weighted by molar-refractivity contribution is 5.77. The Labute approximate surface area is 97.2 Å².